The number of likely N-dealkylation sites (tertiary alicyclic amines) is 1. The fourth-order valence-corrected chi connectivity index (χ4v) is 5.25. The molecule has 0 radical (unpaired) electrons. The number of nitrogens with zero attached hydrogens (tertiary/aromatic N) is 2. The molecule has 7 heteroatoms. The molecule has 5 rings (SSSR count). The molecule has 1 spiro atoms. The van der Waals surface area contributed by atoms with E-state index in [9.17, 15) is 14.0 Å². The standard InChI is InChI=1S/C25H27FN2O4/c26-20-7-4-8-21(15-20)28-18-25(32-23(28)30)9-12-27(17-25)22(29)24(10-13-31-14-11-24)16-19-5-2-1-3-6-19/h1-8,15H,9-14,16-18H2/t25-/m1/s1. The first-order chi connectivity index (χ1) is 15.5. The highest BCUT2D eigenvalue weighted by Crippen LogP contribution is 2.41. The number of rotatable bonds is 4. The van der Waals surface area contributed by atoms with Crippen molar-refractivity contribution in [2.24, 2.45) is 5.41 Å². The molecule has 0 saturated carbocycles. The number of amides is 2. The van der Waals surface area contributed by atoms with E-state index in [1.165, 1.54) is 17.0 Å². The van der Waals surface area contributed by atoms with Crippen molar-refractivity contribution in [3.63, 3.8) is 0 Å². The molecular weight excluding hydrogens is 411 g/mol. The third-order valence-electron chi connectivity index (χ3n) is 6.98. The van der Waals surface area contributed by atoms with Gasteiger partial charge in [0, 0.05) is 26.2 Å². The molecule has 3 heterocycles. The van der Waals surface area contributed by atoms with E-state index in [4.69, 9.17) is 9.47 Å². The summed E-state index contributed by atoms with van der Waals surface area (Å²) >= 11 is 0. The summed E-state index contributed by atoms with van der Waals surface area (Å²) in [4.78, 5) is 29.7. The van der Waals surface area contributed by atoms with Crippen LogP contribution in [0.4, 0.5) is 14.9 Å². The van der Waals surface area contributed by atoms with Gasteiger partial charge in [-0.15, -0.1) is 0 Å². The topological polar surface area (TPSA) is 59.1 Å². The van der Waals surface area contributed by atoms with Gasteiger partial charge in [-0.3, -0.25) is 9.69 Å². The summed E-state index contributed by atoms with van der Waals surface area (Å²) < 4.78 is 25.0. The minimum atomic E-state index is -0.752. The number of halogens is 1. The van der Waals surface area contributed by atoms with Gasteiger partial charge < -0.3 is 14.4 Å². The van der Waals surface area contributed by atoms with Crippen LogP contribution in [-0.2, 0) is 20.7 Å². The van der Waals surface area contributed by atoms with Gasteiger partial charge in [0.15, 0.2) is 5.60 Å². The SMILES string of the molecule is O=C1O[C@@]2(CCN(C(=O)C3(Cc4ccccc4)CCOCC3)C2)CN1c1cccc(F)c1. The monoisotopic (exact) mass is 438 g/mol. The van der Waals surface area contributed by atoms with Gasteiger partial charge in [-0.05, 0) is 43.0 Å². The molecule has 3 aliphatic heterocycles. The van der Waals surface area contributed by atoms with Gasteiger partial charge in [0.2, 0.25) is 5.91 Å². The van der Waals surface area contributed by atoms with E-state index in [2.05, 4.69) is 12.1 Å². The lowest BCUT2D eigenvalue weighted by molar-refractivity contribution is -0.147. The quantitative estimate of drug-likeness (QED) is 0.729. The van der Waals surface area contributed by atoms with Crippen LogP contribution in [0, 0.1) is 11.2 Å². The van der Waals surface area contributed by atoms with Gasteiger partial charge in [-0.2, -0.15) is 0 Å². The first kappa shape index (κ1) is 20.9. The van der Waals surface area contributed by atoms with Crippen LogP contribution in [0.2, 0.25) is 0 Å². The highest BCUT2D eigenvalue weighted by Gasteiger charge is 2.53. The van der Waals surface area contributed by atoms with Crippen molar-refractivity contribution < 1.29 is 23.5 Å². The molecule has 6 nitrogen and oxygen atoms in total. The first-order valence-corrected chi connectivity index (χ1v) is 11.2. The van der Waals surface area contributed by atoms with E-state index in [0.29, 0.717) is 64.2 Å². The molecule has 0 aromatic heterocycles. The maximum Gasteiger partial charge on any atom is 0.415 e. The fourth-order valence-electron chi connectivity index (χ4n) is 5.25. The Bertz CT molecular complexity index is 1010. The normalized spacial score (nSPS) is 24.7. The van der Waals surface area contributed by atoms with E-state index in [-0.39, 0.29) is 5.91 Å². The second-order valence-electron chi connectivity index (χ2n) is 9.15. The zero-order chi connectivity index (χ0) is 22.2. The van der Waals surface area contributed by atoms with E-state index in [0.717, 1.165) is 5.56 Å². The first-order valence-electron chi connectivity index (χ1n) is 11.2. The highest BCUT2D eigenvalue weighted by molar-refractivity contribution is 5.91. The Labute approximate surface area is 186 Å². The Hall–Kier alpha value is -2.93. The van der Waals surface area contributed by atoms with Gasteiger partial charge in [0.05, 0.1) is 24.2 Å². The lowest BCUT2D eigenvalue weighted by atomic mass is 9.74. The zero-order valence-electron chi connectivity index (χ0n) is 18.0. The number of benzene rings is 2. The molecular formula is C25H27FN2O4. The summed E-state index contributed by atoms with van der Waals surface area (Å²) in [6.45, 7) is 2.36. The molecule has 0 N–H and O–H groups in total. The number of carbonyl (C=O) groups excluding carboxylic acids is 2. The van der Waals surface area contributed by atoms with Crippen LogP contribution in [0.1, 0.15) is 24.8 Å². The Kier molecular flexibility index (Phi) is 5.37. The third-order valence-corrected chi connectivity index (χ3v) is 6.98. The molecule has 2 aromatic rings. The fraction of sp³-hybridized carbons (Fsp3) is 0.440. The third kappa shape index (κ3) is 3.86. The summed E-state index contributed by atoms with van der Waals surface area (Å²) in [6.07, 6.45) is 2.12. The lowest BCUT2D eigenvalue weighted by Gasteiger charge is -2.39. The Morgan fingerprint density at radius 1 is 1.00 bits per heavy atom. The predicted molar refractivity (Wildman–Crippen MR) is 117 cm³/mol. The highest BCUT2D eigenvalue weighted by atomic mass is 19.1. The molecule has 3 saturated heterocycles. The number of ether oxygens (including phenoxy) is 2. The smallest absolute Gasteiger partial charge is 0.415 e. The molecule has 32 heavy (non-hydrogen) atoms. The van der Waals surface area contributed by atoms with E-state index in [1.54, 1.807) is 12.1 Å². The van der Waals surface area contributed by atoms with Crippen LogP contribution >= 0.6 is 0 Å². The van der Waals surface area contributed by atoms with Gasteiger partial charge in [0.1, 0.15) is 5.82 Å². The maximum atomic E-state index is 13.8. The minimum Gasteiger partial charge on any atom is -0.439 e. The van der Waals surface area contributed by atoms with Gasteiger partial charge in [0.25, 0.3) is 0 Å². The Morgan fingerprint density at radius 2 is 1.78 bits per heavy atom. The predicted octanol–water partition coefficient (Wildman–Crippen LogP) is 3.79. The summed E-state index contributed by atoms with van der Waals surface area (Å²) in [6, 6.07) is 16.0. The van der Waals surface area contributed by atoms with Gasteiger partial charge in [-0.25, -0.2) is 9.18 Å². The van der Waals surface area contributed by atoms with Crippen LogP contribution in [-0.4, -0.2) is 55.3 Å². The van der Waals surface area contributed by atoms with E-state index < -0.39 is 22.9 Å². The molecule has 2 amide bonds. The molecule has 0 unspecified atom stereocenters. The number of carbonyl (C=O) groups is 2. The summed E-state index contributed by atoms with van der Waals surface area (Å²) in [5.41, 5.74) is 0.358. The maximum absolute atomic E-state index is 13.8. The average Bonchev–Trinajstić information content (AvgIpc) is 3.37. The van der Waals surface area contributed by atoms with Crippen LogP contribution in [0.3, 0.4) is 0 Å². The lowest BCUT2D eigenvalue weighted by Crippen LogP contribution is -2.49. The van der Waals surface area contributed by atoms with Crippen molar-refractivity contribution in [2.45, 2.75) is 31.3 Å². The largest absolute Gasteiger partial charge is 0.439 e. The van der Waals surface area contributed by atoms with E-state index >= 15 is 0 Å². The molecule has 3 fully saturated rings. The van der Waals surface area contributed by atoms with Gasteiger partial charge >= 0.3 is 6.09 Å². The second kappa shape index (κ2) is 8.20. The Balaban J connectivity index is 1.33. The number of hydrogen-bond acceptors (Lipinski definition) is 4. The van der Waals surface area contributed by atoms with Crippen LogP contribution in [0.25, 0.3) is 0 Å². The summed E-state index contributed by atoms with van der Waals surface area (Å²) in [7, 11) is 0. The van der Waals surface area contributed by atoms with Crippen LogP contribution in [0.5, 0.6) is 0 Å². The molecule has 0 aliphatic carbocycles. The van der Waals surface area contributed by atoms with Crippen molar-refractivity contribution in [3.8, 4) is 0 Å². The van der Waals surface area contributed by atoms with Crippen molar-refractivity contribution in [3.05, 3.63) is 66.0 Å². The van der Waals surface area contributed by atoms with Crippen molar-refractivity contribution in [1.29, 1.82) is 0 Å². The number of anilines is 1. The van der Waals surface area contributed by atoms with Crippen molar-refractivity contribution in [2.75, 3.05) is 37.7 Å². The second-order valence-corrected chi connectivity index (χ2v) is 9.15. The minimum absolute atomic E-state index is 0.113. The molecule has 2 aromatic carbocycles. The van der Waals surface area contributed by atoms with Crippen LogP contribution in [0.15, 0.2) is 54.6 Å². The zero-order valence-corrected chi connectivity index (χ0v) is 18.0. The van der Waals surface area contributed by atoms with Crippen molar-refractivity contribution in [1.82, 2.24) is 4.90 Å². The molecule has 1 atom stereocenters. The molecule has 3 aliphatic rings. The van der Waals surface area contributed by atoms with Gasteiger partial charge in [-0.1, -0.05) is 36.4 Å². The molecule has 168 valence electrons. The summed E-state index contributed by atoms with van der Waals surface area (Å²) in [5, 5.41) is 0. The van der Waals surface area contributed by atoms with Crippen molar-refractivity contribution >= 4 is 17.7 Å². The number of hydrogen-bond donors (Lipinski definition) is 0. The molecule has 0 bridgehead atoms. The average molecular weight is 438 g/mol. The van der Waals surface area contributed by atoms with E-state index in [1.807, 2.05) is 23.1 Å². The Morgan fingerprint density at radius 3 is 2.53 bits per heavy atom. The van der Waals surface area contributed by atoms with Crippen LogP contribution < -0.4 is 4.90 Å². The summed E-state index contributed by atoms with van der Waals surface area (Å²) in [5.74, 6) is -0.288.